The van der Waals surface area contributed by atoms with Gasteiger partial charge in [-0.3, -0.25) is 4.79 Å². The summed E-state index contributed by atoms with van der Waals surface area (Å²) in [5.74, 6) is 0.454. The van der Waals surface area contributed by atoms with E-state index in [2.05, 4.69) is 0 Å². The smallest absolute Gasteiger partial charge is 0.376 e. The fraction of sp³-hybridized carbons (Fsp3) is 0.571. The molecule has 0 aromatic heterocycles. The van der Waals surface area contributed by atoms with Crippen LogP contribution in [0.2, 0.25) is 6.82 Å². The Balaban J connectivity index is 2.19. The third-order valence-electron chi connectivity index (χ3n) is 1.93. The van der Waals surface area contributed by atoms with E-state index in [1.807, 2.05) is 10.9 Å². The molecule has 1 aliphatic heterocycles. The maximum atomic E-state index is 9.91. The van der Waals surface area contributed by atoms with Crippen LogP contribution in [0.15, 0.2) is 12.2 Å². The third-order valence-corrected chi connectivity index (χ3v) is 1.93. The maximum Gasteiger partial charge on any atom is 0.376 e. The second-order valence-corrected chi connectivity index (χ2v) is 2.87. The van der Waals surface area contributed by atoms with E-state index >= 15 is 0 Å². The van der Waals surface area contributed by atoms with Crippen LogP contribution in [0.3, 0.4) is 0 Å². The van der Waals surface area contributed by atoms with Crippen molar-refractivity contribution in [1.82, 2.24) is 4.81 Å². The van der Waals surface area contributed by atoms with Gasteiger partial charge in [0.1, 0.15) is 6.29 Å². The highest BCUT2D eigenvalue weighted by atomic mass is 16.2. The first-order valence-electron chi connectivity index (χ1n) is 3.78. The second kappa shape index (κ2) is 3.69. The lowest BCUT2D eigenvalue weighted by atomic mass is 9.78. The fourth-order valence-electron chi connectivity index (χ4n) is 1.18. The van der Waals surface area contributed by atoms with E-state index in [0.29, 0.717) is 5.92 Å². The minimum atomic E-state index is -0.351. The van der Waals surface area contributed by atoms with Crippen LogP contribution in [0.25, 0.3) is 0 Å². The molecule has 0 aromatic rings. The predicted molar refractivity (Wildman–Crippen MR) is 44.1 cm³/mol. The van der Waals surface area contributed by atoms with Crippen molar-refractivity contribution >= 4 is 13.3 Å². The summed E-state index contributed by atoms with van der Waals surface area (Å²) in [6, 6.07) is 0. The van der Waals surface area contributed by atoms with Crippen molar-refractivity contribution < 1.29 is 9.82 Å². The monoisotopic (exact) mass is 153 g/mol. The molecule has 1 aliphatic rings. The SMILES string of the molecule is CB(O)N1CC(/C=C/C=O)C1. The molecule has 1 N–H and O–H groups in total. The summed E-state index contributed by atoms with van der Waals surface area (Å²) < 4.78 is 0. The van der Waals surface area contributed by atoms with Crippen molar-refractivity contribution in [2.24, 2.45) is 5.92 Å². The van der Waals surface area contributed by atoms with Crippen LogP contribution in [0.1, 0.15) is 0 Å². The summed E-state index contributed by atoms with van der Waals surface area (Å²) in [7, 11) is -0.351. The van der Waals surface area contributed by atoms with Gasteiger partial charge in [-0.05, 0) is 26.0 Å². The molecule has 0 atom stereocenters. The number of hydrogen-bond acceptors (Lipinski definition) is 3. The molecule has 60 valence electrons. The van der Waals surface area contributed by atoms with Crippen LogP contribution < -0.4 is 0 Å². The van der Waals surface area contributed by atoms with Gasteiger partial charge in [-0.25, -0.2) is 0 Å². The Hall–Kier alpha value is -0.605. The molecule has 0 aromatic carbocycles. The summed E-state index contributed by atoms with van der Waals surface area (Å²) in [4.78, 5) is 11.9. The number of rotatable bonds is 3. The first kappa shape index (κ1) is 8.49. The fourth-order valence-corrected chi connectivity index (χ4v) is 1.18. The van der Waals surface area contributed by atoms with E-state index in [1.165, 1.54) is 6.08 Å². The van der Waals surface area contributed by atoms with Gasteiger partial charge < -0.3 is 9.83 Å². The molecule has 0 unspecified atom stereocenters. The molecule has 4 heteroatoms. The van der Waals surface area contributed by atoms with Gasteiger partial charge in [0.05, 0.1) is 0 Å². The Morgan fingerprint density at radius 3 is 2.73 bits per heavy atom. The Morgan fingerprint density at radius 1 is 1.64 bits per heavy atom. The van der Waals surface area contributed by atoms with Gasteiger partial charge in [-0.15, -0.1) is 0 Å². The van der Waals surface area contributed by atoms with Gasteiger partial charge in [-0.2, -0.15) is 0 Å². The molecule has 0 bridgehead atoms. The van der Waals surface area contributed by atoms with Crippen LogP contribution in [0.5, 0.6) is 0 Å². The zero-order chi connectivity index (χ0) is 8.27. The quantitative estimate of drug-likeness (QED) is 0.346. The molecule has 1 saturated heterocycles. The molecule has 1 rings (SSSR count). The second-order valence-electron chi connectivity index (χ2n) is 2.87. The molecule has 1 heterocycles. The summed E-state index contributed by atoms with van der Waals surface area (Å²) in [6.07, 6.45) is 4.18. The van der Waals surface area contributed by atoms with E-state index in [9.17, 15) is 4.79 Å². The van der Waals surface area contributed by atoms with E-state index in [0.717, 1.165) is 19.4 Å². The molecule has 11 heavy (non-hydrogen) atoms. The number of allylic oxidation sites excluding steroid dienone is 1. The zero-order valence-electron chi connectivity index (χ0n) is 6.60. The lowest BCUT2D eigenvalue weighted by molar-refractivity contribution is -0.104. The number of carbonyl (C=O) groups excluding carboxylic acids is 1. The number of aldehydes is 1. The normalized spacial score (nSPS) is 20.2. The van der Waals surface area contributed by atoms with Crippen LogP contribution >= 0.6 is 0 Å². The molecule has 0 amide bonds. The highest BCUT2D eigenvalue weighted by Gasteiger charge is 2.29. The van der Waals surface area contributed by atoms with Crippen molar-refractivity contribution in [3.63, 3.8) is 0 Å². The minimum Gasteiger partial charge on any atom is -0.437 e. The van der Waals surface area contributed by atoms with E-state index in [4.69, 9.17) is 5.02 Å². The number of carbonyl (C=O) groups is 1. The molecule has 1 fully saturated rings. The Bertz CT molecular complexity index is 164. The van der Waals surface area contributed by atoms with Crippen LogP contribution in [-0.2, 0) is 4.79 Å². The lowest BCUT2D eigenvalue weighted by Gasteiger charge is -2.38. The Labute approximate surface area is 66.8 Å². The topological polar surface area (TPSA) is 40.5 Å². The first-order chi connectivity index (χ1) is 5.24. The number of hydrogen-bond donors (Lipinski definition) is 1. The van der Waals surface area contributed by atoms with Crippen LogP contribution in [0.4, 0.5) is 0 Å². The predicted octanol–water partition coefficient (Wildman–Crippen LogP) is -0.216. The van der Waals surface area contributed by atoms with Gasteiger partial charge >= 0.3 is 7.05 Å². The van der Waals surface area contributed by atoms with Gasteiger partial charge in [0, 0.05) is 5.92 Å². The van der Waals surface area contributed by atoms with Crippen molar-refractivity contribution in [2.45, 2.75) is 6.82 Å². The highest BCUT2D eigenvalue weighted by molar-refractivity contribution is 6.45. The molecule has 0 radical (unpaired) electrons. The summed E-state index contributed by atoms with van der Waals surface area (Å²) in [5, 5.41) is 9.05. The van der Waals surface area contributed by atoms with Gasteiger partial charge in [0.2, 0.25) is 0 Å². The van der Waals surface area contributed by atoms with Crippen molar-refractivity contribution in [3.05, 3.63) is 12.2 Å². The Kier molecular flexibility index (Phi) is 2.85. The van der Waals surface area contributed by atoms with Crippen molar-refractivity contribution in [1.29, 1.82) is 0 Å². The molecule has 3 nitrogen and oxygen atoms in total. The Morgan fingerprint density at radius 2 is 2.27 bits per heavy atom. The maximum absolute atomic E-state index is 9.91. The van der Waals surface area contributed by atoms with E-state index < -0.39 is 0 Å². The third kappa shape index (κ3) is 2.17. The largest absolute Gasteiger partial charge is 0.437 e. The zero-order valence-corrected chi connectivity index (χ0v) is 6.60. The van der Waals surface area contributed by atoms with Gasteiger partial charge in [-0.1, -0.05) is 6.08 Å². The van der Waals surface area contributed by atoms with Gasteiger partial charge in [0.25, 0.3) is 0 Å². The summed E-state index contributed by atoms with van der Waals surface area (Å²) >= 11 is 0. The van der Waals surface area contributed by atoms with Gasteiger partial charge in [0.15, 0.2) is 0 Å². The van der Waals surface area contributed by atoms with Crippen LogP contribution in [-0.4, -0.2) is 36.3 Å². The molecule has 0 saturated carbocycles. The van der Waals surface area contributed by atoms with E-state index in [1.54, 1.807) is 6.82 Å². The van der Waals surface area contributed by atoms with E-state index in [-0.39, 0.29) is 7.05 Å². The summed E-state index contributed by atoms with van der Waals surface area (Å²) in [6.45, 7) is 3.48. The van der Waals surface area contributed by atoms with Crippen LogP contribution in [0, 0.1) is 5.92 Å². The highest BCUT2D eigenvalue weighted by Crippen LogP contribution is 2.16. The average molecular weight is 153 g/mol. The molecular weight excluding hydrogens is 141 g/mol. The molecule has 0 spiro atoms. The number of nitrogens with zero attached hydrogens (tertiary/aromatic N) is 1. The first-order valence-corrected chi connectivity index (χ1v) is 3.78. The van der Waals surface area contributed by atoms with Crippen molar-refractivity contribution in [3.8, 4) is 0 Å². The summed E-state index contributed by atoms with van der Waals surface area (Å²) in [5.41, 5.74) is 0. The standard InChI is InChI=1S/C7H12BNO2/c1-8(11)9-5-7(6-9)3-2-4-10/h2-4,7,11H,5-6H2,1H3/b3-2+. The average Bonchev–Trinajstić information content (AvgIpc) is 1.84. The molecular formula is C7H12BNO2. The van der Waals surface area contributed by atoms with Crippen molar-refractivity contribution in [2.75, 3.05) is 13.1 Å². The minimum absolute atomic E-state index is 0.351. The molecule has 0 aliphatic carbocycles. The lowest BCUT2D eigenvalue weighted by Crippen LogP contribution is -2.52.